The number of ether oxygens (including phenoxy) is 1. The van der Waals surface area contributed by atoms with Gasteiger partial charge in [-0.2, -0.15) is 0 Å². The molecule has 0 aromatic rings. The molecular formula is C15H28N2O4. The van der Waals surface area contributed by atoms with Crippen LogP contribution in [0.4, 0.5) is 4.79 Å². The van der Waals surface area contributed by atoms with Gasteiger partial charge in [0.1, 0.15) is 5.60 Å². The third-order valence-corrected chi connectivity index (χ3v) is 4.75. The van der Waals surface area contributed by atoms with Crippen LogP contribution in [0.25, 0.3) is 0 Å². The van der Waals surface area contributed by atoms with E-state index in [2.05, 4.69) is 5.32 Å². The third-order valence-electron chi connectivity index (χ3n) is 4.75. The van der Waals surface area contributed by atoms with Crippen LogP contribution >= 0.6 is 0 Å². The molecule has 2 saturated heterocycles. The maximum atomic E-state index is 12.1. The predicted octanol–water partition coefficient (Wildman–Crippen LogP) is 0.720. The van der Waals surface area contributed by atoms with Crippen molar-refractivity contribution < 1.29 is 19.7 Å². The predicted molar refractivity (Wildman–Crippen MR) is 79.0 cm³/mol. The third kappa shape index (κ3) is 3.33. The molecule has 2 fully saturated rings. The van der Waals surface area contributed by atoms with Gasteiger partial charge >= 0.3 is 6.09 Å². The molecule has 0 radical (unpaired) electrons. The molecule has 2 heterocycles. The zero-order valence-corrected chi connectivity index (χ0v) is 13.3. The van der Waals surface area contributed by atoms with Gasteiger partial charge in [-0.1, -0.05) is 0 Å². The van der Waals surface area contributed by atoms with Gasteiger partial charge in [0.05, 0.1) is 18.8 Å². The molecule has 21 heavy (non-hydrogen) atoms. The van der Waals surface area contributed by atoms with E-state index < -0.39 is 16.6 Å². The zero-order chi connectivity index (χ0) is 15.7. The smallest absolute Gasteiger partial charge is 0.410 e. The van der Waals surface area contributed by atoms with Gasteiger partial charge in [-0.05, 0) is 53.1 Å². The summed E-state index contributed by atoms with van der Waals surface area (Å²) in [4.78, 5) is 13.7. The van der Waals surface area contributed by atoms with E-state index in [1.165, 1.54) is 0 Å². The molecule has 2 aliphatic heterocycles. The summed E-state index contributed by atoms with van der Waals surface area (Å²) in [6.45, 7) is 7.72. The number of amides is 1. The van der Waals surface area contributed by atoms with E-state index in [4.69, 9.17) is 4.74 Å². The van der Waals surface area contributed by atoms with E-state index in [0.29, 0.717) is 13.0 Å². The molecule has 122 valence electrons. The Bertz CT molecular complexity index is 388. The van der Waals surface area contributed by atoms with Crippen LogP contribution in [0, 0.1) is 5.41 Å². The monoisotopic (exact) mass is 300 g/mol. The van der Waals surface area contributed by atoms with Gasteiger partial charge in [0.25, 0.3) is 0 Å². The molecule has 1 atom stereocenters. The number of aliphatic hydroxyl groups excluding tert-OH is 1. The topological polar surface area (TPSA) is 82.0 Å². The summed E-state index contributed by atoms with van der Waals surface area (Å²) in [5.41, 5.74) is -2.09. The van der Waals surface area contributed by atoms with Crippen molar-refractivity contribution >= 4 is 6.09 Å². The maximum Gasteiger partial charge on any atom is 0.410 e. The second-order valence-electron chi connectivity index (χ2n) is 7.37. The second-order valence-corrected chi connectivity index (χ2v) is 7.37. The average molecular weight is 300 g/mol. The van der Waals surface area contributed by atoms with E-state index in [0.717, 1.165) is 25.9 Å². The number of nitrogens with one attached hydrogen (secondary N) is 1. The first kappa shape index (κ1) is 16.5. The van der Waals surface area contributed by atoms with Crippen LogP contribution in [0.1, 0.15) is 40.0 Å². The van der Waals surface area contributed by atoms with Gasteiger partial charge in [-0.15, -0.1) is 0 Å². The van der Waals surface area contributed by atoms with Crippen molar-refractivity contribution in [2.75, 3.05) is 32.8 Å². The molecule has 0 aliphatic carbocycles. The molecule has 1 amide bonds. The highest BCUT2D eigenvalue weighted by Crippen LogP contribution is 2.45. The van der Waals surface area contributed by atoms with Crippen LogP contribution < -0.4 is 5.32 Å². The number of β-amino-alcohol motifs (C(OH)–C–C–N with tert-alkyl or cyclic N) is 1. The molecule has 2 aliphatic rings. The lowest BCUT2D eigenvalue weighted by molar-refractivity contribution is -0.116. The van der Waals surface area contributed by atoms with Gasteiger partial charge in [-0.3, -0.25) is 0 Å². The standard InChI is InChI=1S/C15H28N2O4/c1-13(2,3)21-12(19)17-9-6-15(20,10-17)14(11-18)4-7-16-8-5-14/h16,18,20H,4-11H2,1-3H3. The summed E-state index contributed by atoms with van der Waals surface area (Å²) >= 11 is 0. The highest BCUT2D eigenvalue weighted by Gasteiger charge is 2.54. The van der Waals surface area contributed by atoms with Crippen LogP contribution in [0.3, 0.4) is 0 Å². The molecule has 6 nitrogen and oxygen atoms in total. The fourth-order valence-corrected chi connectivity index (χ4v) is 3.38. The minimum absolute atomic E-state index is 0.0483. The van der Waals surface area contributed by atoms with Crippen molar-refractivity contribution in [2.45, 2.75) is 51.2 Å². The maximum absolute atomic E-state index is 12.1. The Morgan fingerprint density at radius 2 is 1.90 bits per heavy atom. The Labute approximate surface area is 126 Å². The van der Waals surface area contributed by atoms with E-state index in [9.17, 15) is 15.0 Å². The number of likely N-dealkylation sites (tertiary alicyclic amines) is 1. The molecule has 0 bridgehead atoms. The van der Waals surface area contributed by atoms with Crippen LogP contribution in [0.5, 0.6) is 0 Å². The Morgan fingerprint density at radius 1 is 1.29 bits per heavy atom. The minimum Gasteiger partial charge on any atom is -0.444 e. The number of hydrogen-bond donors (Lipinski definition) is 3. The normalized spacial score (nSPS) is 29.5. The average Bonchev–Trinajstić information content (AvgIpc) is 2.82. The molecular weight excluding hydrogens is 272 g/mol. The lowest BCUT2D eigenvalue weighted by atomic mass is 9.66. The van der Waals surface area contributed by atoms with Gasteiger partial charge in [0.2, 0.25) is 0 Å². The highest BCUT2D eigenvalue weighted by atomic mass is 16.6. The highest BCUT2D eigenvalue weighted by molar-refractivity contribution is 5.68. The number of carbonyl (C=O) groups excluding carboxylic acids is 1. The molecule has 0 spiro atoms. The van der Waals surface area contributed by atoms with Crippen molar-refractivity contribution in [2.24, 2.45) is 5.41 Å². The molecule has 2 rings (SSSR count). The number of nitrogens with zero attached hydrogens (tertiary/aromatic N) is 1. The number of rotatable bonds is 2. The molecule has 6 heteroatoms. The largest absolute Gasteiger partial charge is 0.444 e. The van der Waals surface area contributed by atoms with Gasteiger partial charge in [0, 0.05) is 12.0 Å². The van der Waals surface area contributed by atoms with Crippen molar-refractivity contribution in [1.82, 2.24) is 10.2 Å². The lowest BCUT2D eigenvalue weighted by Gasteiger charge is -2.46. The SMILES string of the molecule is CC(C)(C)OC(=O)N1CCC(O)(C2(CO)CCNCC2)C1. The van der Waals surface area contributed by atoms with Gasteiger partial charge in [-0.25, -0.2) is 4.79 Å². The molecule has 0 aromatic heterocycles. The molecule has 3 N–H and O–H groups in total. The summed E-state index contributed by atoms with van der Waals surface area (Å²) in [6, 6.07) is 0. The Balaban J connectivity index is 2.07. The number of aliphatic hydroxyl groups is 2. The molecule has 1 unspecified atom stereocenters. The van der Waals surface area contributed by atoms with Crippen LogP contribution in [0.2, 0.25) is 0 Å². The van der Waals surface area contributed by atoms with E-state index in [-0.39, 0.29) is 19.2 Å². The van der Waals surface area contributed by atoms with E-state index in [1.807, 2.05) is 20.8 Å². The molecule has 0 saturated carbocycles. The lowest BCUT2D eigenvalue weighted by Crippen LogP contribution is -2.57. The Kier molecular flexibility index (Phi) is 4.52. The van der Waals surface area contributed by atoms with Gasteiger partial charge < -0.3 is 25.2 Å². The van der Waals surface area contributed by atoms with Gasteiger partial charge in [0.15, 0.2) is 0 Å². The summed E-state index contributed by atoms with van der Waals surface area (Å²) in [5.74, 6) is 0. The summed E-state index contributed by atoms with van der Waals surface area (Å²) in [7, 11) is 0. The van der Waals surface area contributed by atoms with E-state index in [1.54, 1.807) is 4.90 Å². The van der Waals surface area contributed by atoms with Crippen molar-refractivity contribution in [1.29, 1.82) is 0 Å². The van der Waals surface area contributed by atoms with Crippen LogP contribution in [0.15, 0.2) is 0 Å². The van der Waals surface area contributed by atoms with Crippen molar-refractivity contribution in [3.8, 4) is 0 Å². The molecule has 0 aromatic carbocycles. The number of hydrogen-bond acceptors (Lipinski definition) is 5. The van der Waals surface area contributed by atoms with E-state index >= 15 is 0 Å². The summed E-state index contributed by atoms with van der Waals surface area (Å²) < 4.78 is 5.37. The zero-order valence-electron chi connectivity index (χ0n) is 13.3. The van der Waals surface area contributed by atoms with Crippen molar-refractivity contribution in [3.63, 3.8) is 0 Å². The first-order chi connectivity index (χ1) is 9.71. The quantitative estimate of drug-likeness (QED) is 0.700. The van der Waals surface area contributed by atoms with Crippen LogP contribution in [-0.4, -0.2) is 65.2 Å². The fourth-order valence-electron chi connectivity index (χ4n) is 3.38. The fraction of sp³-hybridized carbons (Fsp3) is 0.933. The number of carbonyl (C=O) groups is 1. The van der Waals surface area contributed by atoms with Crippen LogP contribution in [-0.2, 0) is 4.74 Å². The van der Waals surface area contributed by atoms with Crippen molar-refractivity contribution in [3.05, 3.63) is 0 Å². The number of piperidine rings is 1. The summed E-state index contributed by atoms with van der Waals surface area (Å²) in [5, 5.41) is 24.2. The first-order valence-electron chi connectivity index (χ1n) is 7.73. The summed E-state index contributed by atoms with van der Waals surface area (Å²) in [6.07, 6.45) is 1.55. The minimum atomic E-state index is -1.03. The Hall–Kier alpha value is -0.850. The Morgan fingerprint density at radius 3 is 2.43 bits per heavy atom. The second kappa shape index (κ2) is 5.74. The first-order valence-corrected chi connectivity index (χ1v) is 7.73.